The van der Waals surface area contributed by atoms with Crippen molar-refractivity contribution in [2.45, 2.75) is 31.6 Å². The third kappa shape index (κ3) is 8.03. The lowest BCUT2D eigenvalue weighted by Crippen LogP contribution is -2.44. The first kappa shape index (κ1) is 24.3. The van der Waals surface area contributed by atoms with Crippen LogP contribution in [-0.2, 0) is 27.4 Å². The number of ether oxygens (including phenoxy) is 1. The summed E-state index contributed by atoms with van der Waals surface area (Å²) in [6, 6.07) is 13.1. The molecule has 170 valence electrons. The third-order valence-corrected chi connectivity index (χ3v) is 4.36. The van der Waals surface area contributed by atoms with Crippen LogP contribution < -0.4 is 10.6 Å². The molecule has 11 nitrogen and oxygen atoms in total. The fourth-order valence-electron chi connectivity index (χ4n) is 2.80. The summed E-state index contributed by atoms with van der Waals surface area (Å²) < 4.78 is 4.98. The third-order valence-electron chi connectivity index (χ3n) is 4.36. The average molecular weight is 445 g/mol. The van der Waals surface area contributed by atoms with Crippen molar-refractivity contribution in [2.75, 3.05) is 6.54 Å². The zero-order valence-electron chi connectivity index (χ0n) is 17.0. The highest BCUT2D eigenvalue weighted by molar-refractivity contribution is 5.84. The minimum atomic E-state index is -1.43. The van der Waals surface area contributed by atoms with E-state index in [0.717, 1.165) is 5.56 Å². The molecule has 4 N–H and O–H groups in total. The zero-order chi connectivity index (χ0) is 23.5. The molecule has 0 aliphatic carbocycles. The Labute approximate surface area is 183 Å². The van der Waals surface area contributed by atoms with Crippen LogP contribution in [0.15, 0.2) is 54.6 Å². The number of carboxylic acid groups (broad SMARTS) is 1. The SMILES string of the molecule is O=C(C[C@@H](O)CNC(=O)OCc1ccccc1)N[C@@H](Cc1ccccc1[N+](=O)[O-])C(=O)O. The lowest BCUT2D eigenvalue weighted by atomic mass is 10.0. The number of aliphatic carboxylic acids is 1. The number of nitro benzene ring substituents is 1. The van der Waals surface area contributed by atoms with Gasteiger partial charge in [0.25, 0.3) is 5.69 Å². The van der Waals surface area contributed by atoms with Crippen LogP contribution in [-0.4, -0.2) is 51.8 Å². The number of carboxylic acids is 1. The largest absolute Gasteiger partial charge is 0.480 e. The van der Waals surface area contributed by atoms with Gasteiger partial charge in [0.2, 0.25) is 5.91 Å². The van der Waals surface area contributed by atoms with Gasteiger partial charge in [0, 0.05) is 24.6 Å². The van der Waals surface area contributed by atoms with E-state index in [-0.39, 0.29) is 30.8 Å². The number of carbonyl (C=O) groups excluding carboxylic acids is 2. The van der Waals surface area contributed by atoms with Crippen molar-refractivity contribution in [1.29, 1.82) is 0 Å². The van der Waals surface area contributed by atoms with Crippen molar-refractivity contribution >= 4 is 23.7 Å². The van der Waals surface area contributed by atoms with Crippen LogP contribution in [0.1, 0.15) is 17.5 Å². The molecule has 11 heteroatoms. The minimum absolute atomic E-state index is 0.0369. The van der Waals surface area contributed by atoms with Crippen LogP contribution in [0, 0.1) is 10.1 Å². The van der Waals surface area contributed by atoms with Gasteiger partial charge in [-0.1, -0.05) is 48.5 Å². The highest BCUT2D eigenvalue weighted by Crippen LogP contribution is 2.19. The fourth-order valence-corrected chi connectivity index (χ4v) is 2.80. The van der Waals surface area contributed by atoms with Crippen molar-refractivity contribution in [3.05, 3.63) is 75.8 Å². The molecule has 2 aromatic rings. The Balaban J connectivity index is 1.80. The van der Waals surface area contributed by atoms with Crippen LogP contribution in [0.2, 0.25) is 0 Å². The second-order valence-corrected chi connectivity index (χ2v) is 6.85. The smallest absolute Gasteiger partial charge is 0.407 e. The summed E-state index contributed by atoms with van der Waals surface area (Å²) in [5, 5.41) is 34.9. The Morgan fingerprint density at radius 3 is 2.38 bits per heavy atom. The van der Waals surface area contributed by atoms with E-state index in [9.17, 15) is 34.7 Å². The number of aliphatic hydroxyl groups is 1. The summed E-state index contributed by atoms with van der Waals surface area (Å²) >= 11 is 0. The van der Waals surface area contributed by atoms with Gasteiger partial charge in [0.05, 0.1) is 17.4 Å². The Morgan fingerprint density at radius 2 is 1.72 bits per heavy atom. The highest BCUT2D eigenvalue weighted by Gasteiger charge is 2.25. The van der Waals surface area contributed by atoms with Gasteiger partial charge in [-0.2, -0.15) is 0 Å². The monoisotopic (exact) mass is 445 g/mol. The maximum absolute atomic E-state index is 12.1. The van der Waals surface area contributed by atoms with Crippen LogP contribution >= 0.6 is 0 Å². The standard InChI is InChI=1S/C21H23N3O8/c25-16(12-22-21(29)32-13-14-6-2-1-3-7-14)11-19(26)23-17(20(27)28)10-15-8-4-5-9-18(15)24(30)31/h1-9,16-17,25H,10-13H2,(H,22,29)(H,23,26)(H,27,28)/t16-,17+/m1/s1. The molecular weight excluding hydrogens is 422 g/mol. The van der Waals surface area contributed by atoms with Gasteiger partial charge < -0.3 is 25.6 Å². The van der Waals surface area contributed by atoms with Crippen LogP contribution in [0.4, 0.5) is 10.5 Å². The topological polar surface area (TPSA) is 168 Å². The van der Waals surface area contributed by atoms with E-state index in [0.29, 0.717) is 0 Å². The molecule has 0 bridgehead atoms. The molecule has 0 aliphatic rings. The molecule has 0 aromatic heterocycles. The number of amides is 2. The summed E-state index contributed by atoms with van der Waals surface area (Å²) in [6.07, 6.45) is -2.87. The van der Waals surface area contributed by atoms with Gasteiger partial charge in [-0.05, 0) is 5.56 Å². The average Bonchev–Trinajstić information content (AvgIpc) is 2.76. The molecule has 0 aliphatic heterocycles. The normalized spacial score (nSPS) is 12.3. The second kappa shape index (κ2) is 12.0. The predicted octanol–water partition coefficient (Wildman–Crippen LogP) is 1.38. The number of carbonyl (C=O) groups is 3. The van der Waals surface area contributed by atoms with E-state index in [2.05, 4.69) is 10.6 Å². The number of nitrogens with zero attached hydrogens (tertiary/aromatic N) is 1. The number of benzene rings is 2. The van der Waals surface area contributed by atoms with Crippen molar-refractivity contribution in [3.63, 3.8) is 0 Å². The summed E-state index contributed by atoms with van der Waals surface area (Å²) in [5.41, 5.74) is 0.667. The number of rotatable bonds is 11. The van der Waals surface area contributed by atoms with Gasteiger partial charge in [-0.3, -0.25) is 14.9 Å². The Morgan fingerprint density at radius 1 is 1.06 bits per heavy atom. The predicted molar refractivity (Wildman–Crippen MR) is 112 cm³/mol. The van der Waals surface area contributed by atoms with Gasteiger partial charge in [-0.25, -0.2) is 9.59 Å². The molecule has 0 saturated heterocycles. The van der Waals surface area contributed by atoms with E-state index in [1.165, 1.54) is 24.3 Å². The molecule has 0 fully saturated rings. The van der Waals surface area contributed by atoms with Crippen LogP contribution in [0.25, 0.3) is 0 Å². The summed E-state index contributed by atoms with van der Waals surface area (Å²) in [7, 11) is 0. The van der Waals surface area contributed by atoms with Gasteiger partial charge >= 0.3 is 12.1 Å². The first-order valence-electron chi connectivity index (χ1n) is 9.63. The van der Waals surface area contributed by atoms with Crippen molar-refractivity contribution in [3.8, 4) is 0 Å². The first-order valence-corrected chi connectivity index (χ1v) is 9.63. The molecule has 2 amide bonds. The van der Waals surface area contributed by atoms with E-state index < -0.39 is 41.5 Å². The lowest BCUT2D eigenvalue weighted by Gasteiger charge is -2.17. The molecule has 32 heavy (non-hydrogen) atoms. The van der Waals surface area contributed by atoms with Crippen LogP contribution in [0.3, 0.4) is 0 Å². The molecule has 0 radical (unpaired) electrons. The molecule has 0 spiro atoms. The summed E-state index contributed by atoms with van der Waals surface area (Å²) in [4.78, 5) is 45.7. The number of hydrogen-bond acceptors (Lipinski definition) is 7. The van der Waals surface area contributed by atoms with Crippen LogP contribution in [0.5, 0.6) is 0 Å². The van der Waals surface area contributed by atoms with Crippen molar-refractivity contribution in [2.24, 2.45) is 0 Å². The summed E-state index contributed by atoms with van der Waals surface area (Å²) in [6.45, 7) is -0.252. The molecule has 0 heterocycles. The number of aliphatic hydroxyl groups excluding tert-OH is 1. The van der Waals surface area contributed by atoms with E-state index in [1.807, 2.05) is 6.07 Å². The second-order valence-electron chi connectivity index (χ2n) is 6.85. The summed E-state index contributed by atoms with van der Waals surface area (Å²) in [5.74, 6) is -2.17. The quantitative estimate of drug-likeness (QED) is 0.297. The maximum atomic E-state index is 12.1. The van der Waals surface area contributed by atoms with Gasteiger partial charge in [0.1, 0.15) is 12.6 Å². The molecule has 0 unspecified atom stereocenters. The number of alkyl carbamates (subject to hydrolysis) is 1. The lowest BCUT2D eigenvalue weighted by molar-refractivity contribution is -0.385. The minimum Gasteiger partial charge on any atom is -0.480 e. The first-order chi connectivity index (χ1) is 15.3. The van der Waals surface area contributed by atoms with Crippen molar-refractivity contribution in [1.82, 2.24) is 10.6 Å². The number of para-hydroxylation sites is 1. The zero-order valence-corrected chi connectivity index (χ0v) is 17.0. The highest BCUT2D eigenvalue weighted by atomic mass is 16.6. The molecule has 0 saturated carbocycles. The number of nitrogens with one attached hydrogen (secondary N) is 2. The van der Waals surface area contributed by atoms with E-state index in [1.54, 1.807) is 24.3 Å². The molecule has 2 atom stereocenters. The van der Waals surface area contributed by atoms with Gasteiger partial charge in [-0.15, -0.1) is 0 Å². The Hall–Kier alpha value is -3.99. The van der Waals surface area contributed by atoms with Gasteiger partial charge in [0.15, 0.2) is 0 Å². The number of hydrogen-bond donors (Lipinski definition) is 4. The van der Waals surface area contributed by atoms with E-state index in [4.69, 9.17) is 4.74 Å². The van der Waals surface area contributed by atoms with Crippen molar-refractivity contribution < 1.29 is 34.3 Å². The maximum Gasteiger partial charge on any atom is 0.407 e. The number of nitro groups is 1. The van der Waals surface area contributed by atoms with E-state index >= 15 is 0 Å². The molecule has 2 rings (SSSR count). The molecular formula is C21H23N3O8. The molecule has 2 aromatic carbocycles. The Kier molecular flexibility index (Phi) is 9.11. The Bertz CT molecular complexity index is 951. The fraction of sp³-hybridized carbons (Fsp3) is 0.286.